The molecule has 29 heavy (non-hydrogen) atoms. The molecule has 0 fully saturated rings. The quantitative estimate of drug-likeness (QED) is 0.469. The molecule has 8 heteroatoms. The average Bonchev–Trinajstić information content (AvgIpc) is 2.65. The van der Waals surface area contributed by atoms with Gasteiger partial charge >= 0.3 is 0 Å². The fraction of sp³-hybridized carbons (Fsp3) is 0.143. The van der Waals surface area contributed by atoms with Crippen LogP contribution in [0.3, 0.4) is 0 Å². The van der Waals surface area contributed by atoms with Crippen LogP contribution in [0, 0.1) is 25.2 Å². The number of aromatic nitrogens is 2. The molecule has 2 aromatic carbocycles. The van der Waals surface area contributed by atoms with Crippen molar-refractivity contribution in [1.29, 1.82) is 5.26 Å². The van der Waals surface area contributed by atoms with Gasteiger partial charge in [0.2, 0.25) is 5.91 Å². The number of hydrogen-bond acceptors (Lipinski definition) is 5. The topological polar surface area (TPSA) is 98.6 Å². The average molecular weight is 425 g/mol. The van der Waals surface area contributed by atoms with Crippen LogP contribution in [0.25, 0.3) is 11.3 Å². The van der Waals surface area contributed by atoms with Crippen molar-refractivity contribution < 1.29 is 4.79 Å². The van der Waals surface area contributed by atoms with Crippen LogP contribution in [0.2, 0.25) is 5.02 Å². The number of H-pyrrole nitrogens is 1. The van der Waals surface area contributed by atoms with Crippen molar-refractivity contribution in [1.82, 2.24) is 9.97 Å². The van der Waals surface area contributed by atoms with Gasteiger partial charge in [0, 0.05) is 16.3 Å². The lowest BCUT2D eigenvalue weighted by Gasteiger charge is -2.08. The number of carbonyl (C=O) groups is 1. The zero-order valence-corrected chi connectivity index (χ0v) is 17.3. The minimum absolute atomic E-state index is 0.0574. The number of benzene rings is 2. The molecule has 0 saturated heterocycles. The summed E-state index contributed by atoms with van der Waals surface area (Å²) in [4.78, 5) is 31.5. The number of nitriles is 1. The summed E-state index contributed by atoms with van der Waals surface area (Å²) < 4.78 is 0. The smallest absolute Gasteiger partial charge is 0.270 e. The van der Waals surface area contributed by atoms with E-state index >= 15 is 0 Å². The number of amides is 1. The van der Waals surface area contributed by atoms with Gasteiger partial charge in [-0.25, -0.2) is 4.98 Å². The number of anilines is 1. The van der Waals surface area contributed by atoms with E-state index in [1.54, 1.807) is 24.3 Å². The molecule has 1 heterocycles. The SMILES string of the molecule is Cc1cc(C)cc(NC(=O)CSc2nc(-c3ccc(Cl)cc3)c(C#N)c(=O)[nH]2)c1. The third kappa shape index (κ3) is 5.25. The minimum atomic E-state index is -0.551. The van der Waals surface area contributed by atoms with Crippen molar-refractivity contribution >= 4 is 35.0 Å². The summed E-state index contributed by atoms with van der Waals surface area (Å²) in [6.07, 6.45) is 0. The number of rotatable bonds is 5. The van der Waals surface area contributed by atoms with Gasteiger partial charge in [0.15, 0.2) is 5.16 Å². The number of aromatic amines is 1. The van der Waals surface area contributed by atoms with Crippen LogP contribution in [-0.2, 0) is 4.79 Å². The summed E-state index contributed by atoms with van der Waals surface area (Å²) in [5.74, 6) is -0.165. The number of nitrogens with zero attached hydrogens (tertiary/aromatic N) is 2. The van der Waals surface area contributed by atoms with Gasteiger partial charge in [-0.1, -0.05) is 41.6 Å². The lowest BCUT2D eigenvalue weighted by Crippen LogP contribution is -2.17. The second kappa shape index (κ2) is 8.95. The van der Waals surface area contributed by atoms with E-state index in [2.05, 4.69) is 15.3 Å². The summed E-state index contributed by atoms with van der Waals surface area (Å²) in [5, 5.41) is 13.0. The van der Waals surface area contributed by atoms with Crippen molar-refractivity contribution in [2.75, 3.05) is 11.1 Å². The molecular formula is C21H17ClN4O2S. The van der Waals surface area contributed by atoms with E-state index in [0.717, 1.165) is 28.6 Å². The fourth-order valence-electron chi connectivity index (χ4n) is 2.82. The zero-order chi connectivity index (χ0) is 21.0. The van der Waals surface area contributed by atoms with Crippen molar-refractivity contribution in [3.8, 4) is 17.3 Å². The van der Waals surface area contributed by atoms with Gasteiger partial charge in [-0.3, -0.25) is 9.59 Å². The molecule has 3 aromatic rings. The molecule has 146 valence electrons. The largest absolute Gasteiger partial charge is 0.325 e. The van der Waals surface area contributed by atoms with E-state index in [4.69, 9.17) is 11.6 Å². The Kier molecular flexibility index (Phi) is 6.37. The highest BCUT2D eigenvalue weighted by atomic mass is 35.5. The summed E-state index contributed by atoms with van der Waals surface area (Å²) in [6.45, 7) is 3.92. The Labute approximate surface area is 177 Å². The molecule has 6 nitrogen and oxygen atoms in total. The Balaban J connectivity index is 1.79. The maximum Gasteiger partial charge on any atom is 0.270 e. The predicted octanol–water partition coefficient (Wildman–Crippen LogP) is 4.31. The molecule has 0 saturated carbocycles. The fourth-order valence-corrected chi connectivity index (χ4v) is 3.61. The van der Waals surface area contributed by atoms with Crippen LogP contribution < -0.4 is 10.9 Å². The first kappa shape index (κ1) is 20.6. The van der Waals surface area contributed by atoms with E-state index in [1.165, 1.54) is 0 Å². The van der Waals surface area contributed by atoms with Gasteiger partial charge in [0.25, 0.3) is 5.56 Å². The van der Waals surface area contributed by atoms with Gasteiger partial charge in [0.1, 0.15) is 11.6 Å². The van der Waals surface area contributed by atoms with E-state index in [-0.39, 0.29) is 28.1 Å². The Morgan fingerprint density at radius 1 is 1.21 bits per heavy atom. The second-order valence-electron chi connectivity index (χ2n) is 6.43. The van der Waals surface area contributed by atoms with E-state index in [9.17, 15) is 14.9 Å². The van der Waals surface area contributed by atoms with Gasteiger partial charge in [-0.2, -0.15) is 5.26 Å². The summed E-state index contributed by atoms with van der Waals surface area (Å²) >= 11 is 6.99. The monoisotopic (exact) mass is 424 g/mol. The van der Waals surface area contributed by atoms with Crippen LogP contribution in [0.4, 0.5) is 5.69 Å². The third-order valence-electron chi connectivity index (χ3n) is 3.97. The second-order valence-corrected chi connectivity index (χ2v) is 7.83. The van der Waals surface area contributed by atoms with E-state index in [0.29, 0.717) is 10.6 Å². The van der Waals surface area contributed by atoms with Crippen molar-refractivity contribution in [3.63, 3.8) is 0 Å². The normalized spacial score (nSPS) is 10.4. The molecule has 1 aromatic heterocycles. The molecule has 0 unspecified atom stereocenters. The molecule has 0 radical (unpaired) electrons. The van der Waals surface area contributed by atoms with Gasteiger partial charge < -0.3 is 10.3 Å². The van der Waals surface area contributed by atoms with Gasteiger partial charge in [0.05, 0.1) is 11.4 Å². The molecule has 0 aliphatic rings. The predicted molar refractivity (Wildman–Crippen MR) is 115 cm³/mol. The van der Waals surface area contributed by atoms with Crippen LogP contribution >= 0.6 is 23.4 Å². The van der Waals surface area contributed by atoms with Gasteiger partial charge in [-0.05, 0) is 49.2 Å². The highest BCUT2D eigenvalue weighted by molar-refractivity contribution is 7.99. The molecule has 0 spiro atoms. The van der Waals surface area contributed by atoms with Crippen LogP contribution in [0.5, 0.6) is 0 Å². The number of aryl methyl sites for hydroxylation is 2. The molecule has 1 amide bonds. The van der Waals surface area contributed by atoms with E-state index in [1.807, 2.05) is 38.1 Å². The highest BCUT2D eigenvalue weighted by Crippen LogP contribution is 2.24. The zero-order valence-electron chi connectivity index (χ0n) is 15.7. The minimum Gasteiger partial charge on any atom is -0.325 e. The first-order chi connectivity index (χ1) is 13.9. The molecule has 0 aliphatic heterocycles. The Morgan fingerprint density at radius 3 is 2.48 bits per heavy atom. The van der Waals surface area contributed by atoms with Crippen LogP contribution in [0.1, 0.15) is 16.7 Å². The summed E-state index contributed by atoms with van der Waals surface area (Å²) in [6, 6.07) is 14.4. The number of hydrogen-bond donors (Lipinski definition) is 2. The van der Waals surface area contributed by atoms with E-state index < -0.39 is 5.56 Å². The van der Waals surface area contributed by atoms with Gasteiger partial charge in [-0.15, -0.1) is 0 Å². The molecule has 3 rings (SSSR count). The molecule has 0 atom stereocenters. The summed E-state index contributed by atoms with van der Waals surface area (Å²) in [7, 11) is 0. The number of carbonyl (C=O) groups excluding carboxylic acids is 1. The molecular weight excluding hydrogens is 408 g/mol. The standard InChI is InChI=1S/C21H17ClN4O2S/c1-12-7-13(2)9-16(8-12)24-18(27)11-29-21-25-19(17(10-23)20(28)26-21)14-3-5-15(22)6-4-14/h3-9H,11H2,1-2H3,(H,24,27)(H,25,26,28). The Bertz CT molecular complexity index is 1150. The maximum atomic E-state index is 12.3. The van der Waals surface area contributed by atoms with Crippen molar-refractivity contribution in [3.05, 3.63) is 74.5 Å². The Hall–Kier alpha value is -3.08. The number of nitrogens with one attached hydrogen (secondary N) is 2. The first-order valence-electron chi connectivity index (χ1n) is 8.67. The molecule has 0 aliphatic carbocycles. The van der Waals surface area contributed by atoms with Crippen LogP contribution in [-0.4, -0.2) is 21.6 Å². The van der Waals surface area contributed by atoms with Crippen molar-refractivity contribution in [2.45, 2.75) is 19.0 Å². The highest BCUT2D eigenvalue weighted by Gasteiger charge is 2.14. The number of thioether (sulfide) groups is 1. The Morgan fingerprint density at radius 2 is 1.86 bits per heavy atom. The lowest BCUT2D eigenvalue weighted by atomic mass is 10.1. The first-order valence-corrected chi connectivity index (χ1v) is 10.0. The maximum absolute atomic E-state index is 12.3. The number of halogens is 1. The summed E-state index contributed by atoms with van der Waals surface area (Å²) in [5.41, 5.74) is 3.04. The third-order valence-corrected chi connectivity index (χ3v) is 5.10. The molecule has 0 bridgehead atoms. The lowest BCUT2D eigenvalue weighted by molar-refractivity contribution is -0.113. The van der Waals surface area contributed by atoms with Crippen LogP contribution in [0.15, 0.2) is 52.4 Å². The molecule has 2 N–H and O–H groups in total. The van der Waals surface area contributed by atoms with Crippen molar-refractivity contribution in [2.24, 2.45) is 0 Å².